The van der Waals surface area contributed by atoms with Crippen molar-refractivity contribution in [3.8, 4) is 10.6 Å². The first kappa shape index (κ1) is 12.7. The first-order valence-corrected chi connectivity index (χ1v) is 7.74. The fraction of sp³-hybridized carbons (Fsp3) is 0.417. The zero-order valence-electron chi connectivity index (χ0n) is 10.5. The van der Waals surface area contributed by atoms with Crippen LogP contribution in [0.25, 0.3) is 10.6 Å². The van der Waals surface area contributed by atoms with Gasteiger partial charge in [0.25, 0.3) is 5.91 Å². The van der Waals surface area contributed by atoms with Crippen LogP contribution in [0.1, 0.15) is 15.5 Å². The number of hydrogen-bond acceptors (Lipinski definition) is 6. The van der Waals surface area contributed by atoms with E-state index in [1.165, 1.54) is 11.3 Å². The summed E-state index contributed by atoms with van der Waals surface area (Å²) in [5.41, 5.74) is 3.61. The van der Waals surface area contributed by atoms with Gasteiger partial charge in [-0.1, -0.05) is 0 Å². The number of amides is 1. The fourth-order valence-corrected chi connectivity index (χ4v) is 3.54. The average Bonchev–Trinajstić information content (AvgIpc) is 3.07. The summed E-state index contributed by atoms with van der Waals surface area (Å²) < 4.78 is 5.25. The predicted molar refractivity (Wildman–Crippen MR) is 74.7 cm³/mol. The van der Waals surface area contributed by atoms with Crippen molar-refractivity contribution in [2.24, 2.45) is 0 Å². The lowest BCUT2D eigenvalue weighted by Crippen LogP contribution is -2.40. The zero-order chi connectivity index (χ0) is 13.2. The largest absolute Gasteiger partial charge is 0.378 e. The van der Waals surface area contributed by atoms with Crippen LogP contribution < -0.4 is 0 Å². The van der Waals surface area contributed by atoms with Crippen LogP contribution in [0, 0.1) is 6.92 Å². The minimum Gasteiger partial charge on any atom is -0.378 e. The Hall–Kier alpha value is -1.31. The van der Waals surface area contributed by atoms with Crippen LogP contribution in [0.4, 0.5) is 0 Å². The molecule has 0 radical (unpaired) electrons. The van der Waals surface area contributed by atoms with Crippen molar-refractivity contribution >= 4 is 28.6 Å². The Balaban J connectivity index is 1.81. The third-order valence-corrected chi connectivity index (χ3v) is 4.74. The van der Waals surface area contributed by atoms with Crippen LogP contribution in [0.5, 0.6) is 0 Å². The number of aromatic nitrogens is 2. The number of thiazole rings is 2. The lowest BCUT2D eigenvalue weighted by molar-refractivity contribution is 0.0303. The van der Waals surface area contributed by atoms with Crippen LogP contribution in [-0.2, 0) is 4.74 Å². The summed E-state index contributed by atoms with van der Waals surface area (Å²) in [7, 11) is 0. The van der Waals surface area contributed by atoms with E-state index in [0.29, 0.717) is 31.3 Å². The van der Waals surface area contributed by atoms with Crippen molar-refractivity contribution in [1.82, 2.24) is 14.9 Å². The van der Waals surface area contributed by atoms with Crippen LogP contribution in [-0.4, -0.2) is 47.1 Å². The van der Waals surface area contributed by atoms with Crippen molar-refractivity contribution in [2.75, 3.05) is 26.3 Å². The standard InChI is InChI=1S/C12H13N3O2S2/c1-8-10(19-7-13-8)9-6-18-11(14-9)12(16)15-2-4-17-5-3-15/h6-7H,2-5H2,1H3. The van der Waals surface area contributed by atoms with Crippen LogP contribution in [0.2, 0.25) is 0 Å². The monoisotopic (exact) mass is 295 g/mol. The van der Waals surface area contributed by atoms with Gasteiger partial charge in [-0.15, -0.1) is 22.7 Å². The molecule has 0 aliphatic carbocycles. The van der Waals surface area contributed by atoms with E-state index >= 15 is 0 Å². The molecule has 3 heterocycles. The van der Waals surface area contributed by atoms with Gasteiger partial charge in [0.05, 0.1) is 35.0 Å². The quantitative estimate of drug-likeness (QED) is 0.851. The first-order chi connectivity index (χ1) is 9.25. The average molecular weight is 295 g/mol. The summed E-state index contributed by atoms with van der Waals surface area (Å²) in [6, 6.07) is 0. The molecule has 0 unspecified atom stereocenters. The van der Waals surface area contributed by atoms with Crippen molar-refractivity contribution in [1.29, 1.82) is 0 Å². The second-order valence-electron chi connectivity index (χ2n) is 4.21. The van der Waals surface area contributed by atoms with E-state index in [1.54, 1.807) is 21.7 Å². The van der Waals surface area contributed by atoms with Gasteiger partial charge in [0.1, 0.15) is 0 Å². The Kier molecular flexibility index (Phi) is 3.58. The number of aryl methyl sites for hydroxylation is 1. The second kappa shape index (κ2) is 5.36. The molecule has 3 rings (SSSR count). The summed E-state index contributed by atoms with van der Waals surface area (Å²) in [6.07, 6.45) is 0. The molecule has 1 aliphatic heterocycles. The molecule has 1 saturated heterocycles. The van der Waals surface area contributed by atoms with Gasteiger partial charge in [0, 0.05) is 18.5 Å². The molecule has 0 N–H and O–H groups in total. The first-order valence-electron chi connectivity index (χ1n) is 5.98. The summed E-state index contributed by atoms with van der Waals surface area (Å²) in [5.74, 6) is 0.00159. The van der Waals surface area contributed by atoms with E-state index in [9.17, 15) is 4.79 Å². The predicted octanol–water partition coefficient (Wildman–Crippen LogP) is 2.05. The molecule has 0 atom stereocenters. The third-order valence-electron chi connectivity index (χ3n) is 2.96. The summed E-state index contributed by atoms with van der Waals surface area (Å²) in [5, 5.41) is 2.47. The highest BCUT2D eigenvalue weighted by molar-refractivity contribution is 7.15. The minimum absolute atomic E-state index is 0.00159. The number of ether oxygens (including phenoxy) is 1. The van der Waals surface area contributed by atoms with Gasteiger partial charge < -0.3 is 9.64 Å². The van der Waals surface area contributed by atoms with E-state index in [4.69, 9.17) is 4.74 Å². The highest BCUT2D eigenvalue weighted by atomic mass is 32.1. The van der Waals surface area contributed by atoms with Crippen molar-refractivity contribution < 1.29 is 9.53 Å². The Bertz CT molecular complexity index is 587. The Morgan fingerprint density at radius 1 is 1.37 bits per heavy atom. The lowest BCUT2D eigenvalue weighted by atomic mass is 10.3. The van der Waals surface area contributed by atoms with E-state index in [1.807, 2.05) is 12.3 Å². The normalized spacial score (nSPS) is 15.7. The van der Waals surface area contributed by atoms with Crippen molar-refractivity contribution in [2.45, 2.75) is 6.92 Å². The number of hydrogen-bond donors (Lipinski definition) is 0. The maximum atomic E-state index is 12.3. The van der Waals surface area contributed by atoms with Crippen molar-refractivity contribution in [3.05, 3.63) is 21.6 Å². The molecule has 0 bridgehead atoms. The Morgan fingerprint density at radius 2 is 2.16 bits per heavy atom. The number of carbonyl (C=O) groups excluding carboxylic acids is 1. The maximum Gasteiger partial charge on any atom is 0.283 e. The highest BCUT2D eigenvalue weighted by Gasteiger charge is 2.22. The molecule has 0 saturated carbocycles. The van der Waals surface area contributed by atoms with E-state index in [-0.39, 0.29) is 5.91 Å². The molecule has 19 heavy (non-hydrogen) atoms. The minimum atomic E-state index is 0.00159. The molecule has 100 valence electrons. The van der Waals surface area contributed by atoms with Crippen molar-refractivity contribution in [3.63, 3.8) is 0 Å². The smallest absolute Gasteiger partial charge is 0.283 e. The molecule has 5 nitrogen and oxygen atoms in total. The fourth-order valence-electron chi connectivity index (χ4n) is 1.93. The van der Waals surface area contributed by atoms with Gasteiger partial charge in [-0.2, -0.15) is 0 Å². The molecule has 7 heteroatoms. The molecule has 2 aromatic heterocycles. The number of morpholine rings is 1. The highest BCUT2D eigenvalue weighted by Crippen LogP contribution is 2.28. The Labute approximate surface area is 118 Å². The summed E-state index contributed by atoms with van der Waals surface area (Å²) >= 11 is 2.95. The molecule has 2 aromatic rings. The molecule has 0 spiro atoms. The topological polar surface area (TPSA) is 55.3 Å². The molecule has 1 aliphatic rings. The van der Waals surface area contributed by atoms with Crippen LogP contribution in [0.15, 0.2) is 10.9 Å². The van der Waals surface area contributed by atoms with Gasteiger partial charge in [-0.3, -0.25) is 4.79 Å². The summed E-state index contributed by atoms with van der Waals surface area (Å²) in [6.45, 7) is 4.46. The van der Waals surface area contributed by atoms with Gasteiger partial charge in [0.15, 0.2) is 5.01 Å². The lowest BCUT2D eigenvalue weighted by Gasteiger charge is -2.25. The number of rotatable bonds is 2. The molecule has 1 fully saturated rings. The van der Waals surface area contributed by atoms with Gasteiger partial charge >= 0.3 is 0 Å². The van der Waals surface area contributed by atoms with Crippen LogP contribution in [0.3, 0.4) is 0 Å². The van der Waals surface area contributed by atoms with Gasteiger partial charge in [-0.25, -0.2) is 9.97 Å². The Morgan fingerprint density at radius 3 is 2.84 bits per heavy atom. The van der Waals surface area contributed by atoms with E-state index < -0.39 is 0 Å². The maximum absolute atomic E-state index is 12.3. The van der Waals surface area contributed by atoms with E-state index in [0.717, 1.165) is 16.3 Å². The molecule has 0 aromatic carbocycles. The second-order valence-corrected chi connectivity index (χ2v) is 5.92. The zero-order valence-corrected chi connectivity index (χ0v) is 12.1. The summed E-state index contributed by atoms with van der Waals surface area (Å²) in [4.78, 5) is 23.8. The van der Waals surface area contributed by atoms with Crippen LogP contribution >= 0.6 is 22.7 Å². The SMILES string of the molecule is Cc1ncsc1-c1csc(C(=O)N2CCOCC2)n1. The molecular formula is C12H13N3O2S2. The van der Waals surface area contributed by atoms with E-state index in [2.05, 4.69) is 9.97 Å². The van der Waals surface area contributed by atoms with Gasteiger partial charge in [-0.05, 0) is 6.92 Å². The third kappa shape index (κ3) is 2.54. The van der Waals surface area contributed by atoms with Gasteiger partial charge in [0.2, 0.25) is 0 Å². The number of nitrogens with zero attached hydrogens (tertiary/aromatic N) is 3. The molecule has 1 amide bonds. The number of carbonyl (C=O) groups is 1. The molecular weight excluding hydrogens is 282 g/mol.